The third-order valence-electron chi connectivity index (χ3n) is 5.13. The normalized spacial score (nSPS) is 19.6. The zero-order chi connectivity index (χ0) is 18.1. The molecule has 0 atom stereocenters. The first-order chi connectivity index (χ1) is 12.6. The first-order valence-electron chi connectivity index (χ1n) is 9.15. The maximum atomic E-state index is 4.63. The summed E-state index contributed by atoms with van der Waals surface area (Å²) < 4.78 is 1.91. The van der Waals surface area contributed by atoms with Crippen molar-refractivity contribution in [3.05, 3.63) is 66.5 Å². The van der Waals surface area contributed by atoms with Gasteiger partial charge in [0.15, 0.2) is 0 Å². The molecular weight excluding hydrogens is 320 g/mol. The van der Waals surface area contributed by atoms with Gasteiger partial charge in [-0.2, -0.15) is 0 Å². The minimum absolute atomic E-state index is 0.508. The summed E-state index contributed by atoms with van der Waals surface area (Å²) in [6.45, 7) is 8.15. The highest BCUT2D eigenvalue weighted by Gasteiger charge is 2.25. The van der Waals surface area contributed by atoms with Crippen molar-refractivity contribution in [2.75, 3.05) is 5.32 Å². The minimum Gasteiger partial charge on any atom is -0.350 e. The third-order valence-corrected chi connectivity index (χ3v) is 5.13. The summed E-state index contributed by atoms with van der Waals surface area (Å²) in [6.07, 6.45) is 12.1. The molecule has 4 nitrogen and oxygen atoms in total. The third kappa shape index (κ3) is 3.15. The Balaban J connectivity index is 1.65. The van der Waals surface area contributed by atoms with Crippen LogP contribution in [0.1, 0.15) is 30.9 Å². The van der Waals surface area contributed by atoms with Crippen LogP contribution in [0.5, 0.6) is 0 Å². The summed E-state index contributed by atoms with van der Waals surface area (Å²) in [7, 11) is 0. The Kier molecular flexibility index (Phi) is 4.33. The van der Waals surface area contributed by atoms with Crippen LogP contribution in [0.4, 0.5) is 5.95 Å². The molecule has 0 amide bonds. The van der Waals surface area contributed by atoms with Gasteiger partial charge in [-0.05, 0) is 54.5 Å². The highest BCUT2D eigenvalue weighted by atomic mass is 15.3. The van der Waals surface area contributed by atoms with Crippen molar-refractivity contribution in [3.8, 4) is 11.1 Å². The molecule has 4 rings (SSSR count). The number of nitrogens with zero attached hydrogens (tertiary/aromatic N) is 3. The van der Waals surface area contributed by atoms with Gasteiger partial charge in [-0.25, -0.2) is 9.50 Å². The Morgan fingerprint density at radius 1 is 1.27 bits per heavy atom. The number of aromatic nitrogens is 3. The molecule has 4 heteroatoms. The zero-order valence-electron chi connectivity index (χ0n) is 15.3. The standard InChI is InChI=1S/C22H24N4/c1-4-5-6-17-13-18(8-7-16(17)3)20-9-10-26-21(20)14-23-22(25-26)24-19-11-15(2)12-19/h4-10,13-15,19H,1,11-12H2,2-3H3,(H,24,25)/b6-5-. The van der Waals surface area contributed by atoms with Gasteiger partial charge in [0.1, 0.15) is 0 Å². The number of aryl methyl sites for hydroxylation is 1. The second kappa shape index (κ2) is 6.79. The van der Waals surface area contributed by atoms with Crippen LogP contribution in [0.2, 0.25) is 0 Å². The summed E-state index contributed by atoms with van der Waals surface area (Å²) in [5.74, 6) is 1.51. The van der Waals surface area contributed by atoms with Gasteiger partial charge in [0.05, 0.1) is 11.7 Å². The molecule has 1 aliphatic rings. The van der Waals surface area contributed by atoms with Crippen LogP contribution in [0.25, 0.3) is 22.7 Å². The molecule has 3 aromatic rings. The predicted molar refractivity (Wildman–Crippen MR) is 108 cm³/mol. The highest BCUT2D eigenvalue weighted by Crippen LogP contribution is 2.30. The maximum absolute atomic E-state index is 4.63. The van der Waals surface area contributed by atoms with Crippen molar-refractivity contribution >= 4 is 17.5 Å². The second-order valence-electron chi connectivity index (χ2n) is 7.23. The Labute approximate surface area is 154 Å². The average Bonchev–Trinajstić information content (AvgIpc) is 3.03. The van der Waals surface area contributed by atoms with Crippen LogP contribution in [0, 0.1) is 12.8 Å². The van der Waals surface area contributed by atoms with Crippen LogP contribution in [-0.2, 0) is 0 Å². The Bertz CT molecular complexity index is 977. The molecule has 132 valence electrons. The molecule has 0 aliphatic heterocycles. The molecule has 0 bridgehead atoms. The maximum Gasteiger partial charge on any atom is 0.241 e. The van der Waals surface area contributed by atoms with Crippen LogP contribution in [0.15, 0.2) is 55.4 Å². The Morgan fingerprint density at radius 3 is 2.88 bits per heavy atom. The minimum atomic E-state index is 0.508. The molecule has 2 heterocycles. The van der Waals surface area contributed by atoms with Gasteiger partial charge in [0.25, 0.3) is 0 Å². The Morgan fingerprint density at radius 2 is 2.12 bits per heavy atom. The molecular formula is C22H24N4. The number of nitrogens with one attached hydrogen (secondary N) is 1. The van der Waals surface area contributed by atoms with Crippen molar-refractivity contribution in [1.29, 1.82) is 0 Å². The van der Waals surface area contributed by atoms with Crippen molar-refractivity contribution in [2.24, 2.45) is 5.92 Å². The van der Waals surface area contributed by atoms with Crippen LogP contribution >= 0.6 is 0 Å². The number of benzene rings is 1. The lowest BCUT2D eigenvalue weighted by molar-refractivity contribution is 0.307. The number of anilines is 1. The van der Waals surface area contributed by atoms with E-state index in [0.717, 1.165) is 17.0 Å². The van der Waals surface area contributed by atoms with Gasteiger partial charge in [-0.15, -0.1) is 5.10 Å². The smallest absolute Gasteiger partial charge is 0.241 e. The number of rotatable bonds is 5. The number of hydrogen-bond acceptors (Lipinski definition) is 3. The molecule has 0 spiro atoms. The summed E-state index contributed by atoms with van der Waals surface area (Å²) in [5.41, 5.74) is 5.76. The van der Waals surface area contributed by atoms with E-state index in [2.05, 4.69) is 66.2 Å². The Hall–Kier alpha value is -2.88. The first kappa shape index (κ1) is 16.6. The van der Waals surface area contributed by atoms with Gasteiger partial charge in [0, 0.05) is 17.8 Å². The van der Waals surface area contributed by atoms with Gasteiger partial charge < -0.3 is 5.32 Å². The van der Waals surface area contributed by atoms with E-state index < -0.39 is 0 Å². The van der Waals surface area contributed by atoms with E-state index in [1.54, 1.807) is 6.08 Å². The van der Waals surface area contributed by atoms with Crippen LogP contribution in [-0.4, -0.2) is 20.6 Å². The van der Waals surface area contributed by atoms with Crippen LogP contribution < -0.4 is 5.32 Å². The highest BCUT2D eigenvalue weighted by molar-refractivity contribution is 5.82. The van der Waals surface area contributed by atoms with Crippen molar-refractivity contribution in [2.45, 2.75) is 32.7 Å². The largest absolute Gasteiger partial charge is 0.350 e. The van der Waals surface area contributed by atoms with E-state index in [1.807, 2.05) is 23.0 Å². The lowest BCUT2D eigenvalue weighted by Gasteiger charge is -2.33. The summed E-state index contributed by atoms with van der Waals surface area (Å²) in [5, 5.41) is 8.05. The molecule has 0 saturated heterocycles. The van der Waals surface area contributed by atoms with Gasteiger partial charge in [0.2, 0.25) is 5.95 Å². The monoisotopic (exact) mass is 344 g/mol. The summed E-state index contributed by atoms with van der Waals surface area (Å²) in [6, 6.07) is 9.11. The zero-order valence-corrected chi connectivity index (χ0v) is 15.3. The molecule has 1 N–H and O–H groups in total. The fourth-order valence-corrected chi connectivity index (χ4v) is 3.57. The van der Waals surface area contributed by atoms with E-state index in [4.69, 9.17) is 0 Å². The topological polar surface area (TPSA) is 42.2 Å². The predicted octanol–water partition coefficient (Wildman–Crippen LogP) is 5.11. The summed E-state index contributed by atoms with van der Waals surface area (Å²) in [4.78, 5) is 4.53. The van der Waals surface area contributed by atoms with Crippen molar-refractivity contribution in [3.63, 3.8) is 0 Å². The number of allylic oxidation sites excluding steroid dienone is 2. The lowest BCUT2D eigenvalue weighted by Crippen LogP contribution is -2.34. The molecule has 26 heavy (non-hydrogen) atoms. The van der Waals surface area contributed by atoms with E-state index >= 15 is 0 Å². The lowest BCUT2D eigenvalue weighted by atomic mass is 9.82. The average molecular weight is 344 g/mol. The number of fused-ring (bicyclic) bond motifs is 1. The fraction of sp³-hybridized carbons (Fsp3) is 0.273. The molecule has 1 saturated carbocycles. The van der Waals surface area contributed by atoms with Gasteiger partial charge in [-0.3, -0.25) is 0 Å². The van der Waals surface area contributed by atoms with E-state index in [-0.39, 0.29) is 0 Å². The SMILES string of the molecule is C=C/C=C\c1cc(-c2ccn3nc(NC4CC(C)C4)ncc23)ccc1C. The molecule has 0 unspecified atom stereocenters. The van der Waals surface area contributed by atoms with Gasteiger partial charge >= 0.3 is 0 Å². The fourth-order valence-electron chi connectivity index (χ4n) is 3.57. The quantitative estimate of drug-likeness (QED) is 0.654. The molecule has 1 fully saturated rings. The molecule has 0 radical (unpaired) electrons. The first-order valence-corrected chi connectivity index (χ1v) is 9.15. The van der Waals surface area contributed by atoms with E-state index in [1.165, 1.54) is 29.5 Å². The second-order valence-corrected chi connectivity index (χ2v) is 7.23. The van der Waals surface area contributed by atoms with Crippen molar-refractivity contribution < 1.29 is 0 Å². The van der Waals surface area contributed by atoms with Crippen LogP contribution in [0.3, 0.4) is 0 Å². The van der Waals surface area contributed by atoms with E-state index in [0.29, 0.717) is 12.0 Å². The molecule has 1 aromatic carbocycles. The number of hydrogen-bond donors (Lipinski definition) is 1. The van der Waals surface area contributed by atoms with Gasteiger partial charge in [-0.1, -0.05) is 43.9 Å². The molecule has 1 aliphatic carbocycles. The van der Waals surface area contributed by atoms with Crippen molar-refractivity contribution in [1.82, 2.24) is 14.6 Å². The van der Waals surface area contributed by atoms with E-state index in [9.17, 15) is 0 Å². The molecule has 2 aromatic heterocycles. The summed E-state index contributed by atoms with van der Waals surface area (Å²) >= 11 is 0.